The number of ether oxygens (including phenoxy) is 2. The molecule has 2 rings (SSSR count). The molecule has 1 aliphatic rings. The van der Waals surface area contributed by atoms with Gasteiger partial charge in [-0.3, -0.25) is 4.79 Å². The second-order valence-electron chi connectivity index (χ2n) is 5.73. The molecule has 21 heavy (non-hydrogen) atoms. The third kappa shape index (κ3) is 4.19. The van der Waals surface area contributed by atoms with E-state index < -0.39 is 0 Å². The molecular weight excluding hydrogens is 268 g/mol. The Hall–Kier alpha value is -1.59. The molecule has 0 bridgehead atoms. The fraction of sp³-hybridized carbons (Fsp3) is 0.562. The van der Waals surface area contributed by atoms with Crippen molar-refractivity contribution >= 4 is 5.91 Å². The predicted molar refractivity (Wildman–Crippen MR) is 81.1 cm³/mol. The van der Waals surface area contributed by atoms with Gasteiger partial charge in [0.25, 0.3) is 0 Å². The lowest BCUT2D eigenvalue weighted by Gasteiger charge is -2.40. The number of nitrogens with two attached hydrogens (primary N) is 1. The standard InChI is InChI=1S/C16H24N2O3/c1-16(8-3-9-17)12-18(15(19)11-21-16)10-13-4-6-14(20-2)7-5-13/h4-7H,3,8-12,17H2,1-2H3. The summed E-state index contributed by atoms with van der Waals surface area (Å²) in [5.41, 5.74) is 6.37. The van der Waals surface area contributed by atoms with Crippen LogP contribution < -0.4 is 10.5 Å². The van der Waals surface area contributed by atoms with Gasteiger partial charge in [-0.05, 0) is 44.0 Å². The van der Waals surface area contributed by atoms with Crippen LogP contribution in [0.15, 0.2) is 24.3 Å². The highest BCUT2D eigenvalue weighted by Crippen LogP contribution is 2.25. The first-order valence-corrected chi connectivity index (χ1v) is 7.31. The highest BCUT2D eigenvalue weighted by Gasteiger charge is 2.35. The molecule has 116 valence electrons. The van der Waals surface area contributed by atoms with Gasteiger partial charge in [0.1, 0.15) is 12.4 Å². The minimum atomic E-state index is -0.292. The number of amides is 1. The van der Waals surface area contributed by atoms with Crippen molar-refractivity contribution in [2.75, 3.05) is 26.8 Å². The highest BCUT2D eigenvalue weighted by atomic mass is 16.5. The number of hydrogen-bond acceptors (Lipinski definition) is 4. The zero-order chi connectivity index (χ0) is 15.3. The molecule has 1 aliphatic heterocycles. The summed E-state index contributed by atoms with van der Waals surface area (Å²) in [5.74, 6) is 0.857. The topological polar surface area (TPSA) is 64.8 Å². The third-order valence-electron chi connectivity index (χ3n) is 3.86. The van der Waals surface area contributed by atoms with Crippen LogP contribution in [0, 0.1) is 0 Å². The lowest BCUT2D eigenvalue weighted by Crippen LogP contribution is -2.52. The van der Waals surface area contributed by atoms with E-state index >= 15 is 0 Å². The molecule has 1 aromatic carbocycles. The van der Waals surface area contributed by atoms with Crippen LogP contribution in [0.2, 0.25) is 0 Å². The van der Waals surface area contributed by atoms with Crippen molar-refractivity contribution in [3.8, 4) is 5.75 Å². The number of benzene rings is 1. The number of rotatable bonds is 6. The minimum Gasteiger partial charge on any atom is -0.497 e. The normalized spacial score (nSPS) is 22.4. The summed E-state index contributed by atoms with van der Waals surface area (Å²) in [6.45, 7) is 4.06. The monoisotopic (exact) mass is 292 g/mol. The van der Waals surface area contributed by atoms with Gasteiger partial charge < -0.3 is 20.1 Å². The number of hydrogen-bond donors (Lipinski definition) is 1. The van der Waals surface area contributed by atoms with Crippen LogP contribution in [-0.2, 0) is 16.1 Å². The van der Waals surface area contributed by atoms with Crippen LogP contribution in [0.3, 0.4) is 0 Å². The molecule has 1 fully saturated rings. The molecule has 0 aromatic heterocycles. The molecule has 5 heteroatoms. The van der Waals surface area contributed by atoms with E-state index in [-0.39, 0.29) is 18.1 Å². The molecule has 0 spiro atoms. The molecule has 5 nitrogen and oxygen atoms in total. The van der Waals surface area contributed by atoms with Gasteiger partial charge in [-0.2, -0.15) is 0 Å². The van der Waals surface area contributed by atoms with Crippen molar-refractivity contribution in [1.29, 1.82) is 0 Å². The first kappa shape index (κ1) is 15.8. The summed E-state index contributed by atoms with van der Waals surface area (Å²) in [5, 5.41) is 0. The van der Waals surface area contributed by atoms with Crippen molar-refractivity contribution in [3.05, 3.63) is 29.8 Å². The maximum Gasteiger partial charge on any atom is 0.248 e. The molecular formula is C16H24N2O3. The van der Waals surface area contributed by atoms with Gasteiger partial charge >= 0.3 is 0 Å². The molecule has 1 saturated heterocycles. The maximum absolute atomic E-state index is 12.0. The van der Waals surface area contributed by atoms with E-state index in [2.05, 4.69) is 6.92 Å². The predicted octanol–water partition coefficient (Wildman–Crippen LogP) is 1.55. The molecule has 1 heterocycles. The van der Waals surface area contributed by atoms with E-state index in [9.17, 15) is 4.79 Å². The van der Waals surface area contributed by atoms with Gasteiger partial charge in [0, 0.05) is 13.1 Å². The van der Waals surface area contributed by atoms with E-state index in [4.69, 9.17) is 15.2 Å². The lowest BCUT2D eigenvalue weighted by molar-refractivity contribution is -0.163. The van der Waals surface area contributed by atoms with Crippen LogP contribution in [0.4, 0.5) is 0 Å². The van der Waals surface area contributed by atoms with Gasteiger partial charge in [-0.25, -0.2) is 0 Å². The van der Waals surface area contributed by atoms with Crippen molar-refractivity contribution < 1.29 is 14.3 Å². The smallest absolute Gasteiger partial charge is 0.248 e. The van der Waals surface area contributed by atoms with E-state index in [1.807, 2.05) is 29.2 Å². The van der Waals surface area contributed by atoms with Gasteiger partial charge in [0.05, 0.1) is 12.7 Å². The third-order valence-corrected chi connectivity index (χ3v) is 3.86. The van der Waals surface area contributed by atoms with E-state index in [0.29, 0.717) is 19.6 Å². The Kier molecular flexibility index (Phi) is 5.20. The summed E-state index contributed by atoms with van der Waals surface area (Å²) in [6, 6.07) is 7.79. The first-order chi connectivity index (χ1) is 10.1. The van der Waals surface area contributed by atoms with Gasteiger partial charge in [-0.15, -0.1) is 0 Å². The van der Waals surface area contributed by atoms with E-state index in [1.54, 1.807) is 7.11 Å². The quantitative estimate of drug-likeness (QED) is 0.864. The van der Waals surface area contributed by atoms with Crippen LogP contribution >= 0.6 is 0 Å². The average Bonchev–Trinajstić information content (AvgIpc) is 2.50. The SMILES string of the molecule is COc1ccc(CN2CC(C)(CCCN)OCC2=O)cc1. The van der Waals surface area contributed by atoms with Crippen molar-refractivity contribution in [2.24, 2.45) is 5.73 Å². The second-order valence-corrected chi connectivity index (χ2v) is 5.73. The Labute approximate surface area is 126 Å². The summed E-state index contributed by atoms with van der Waals surface area (Å²) in [6.07, 6.45) is 1.77. The van der Waals surface area contributed by atoms with Crippen LogP contribution in [-0.4, -0.2) is 43.2 Å². The number of carbonyl (C=O) groups excluding carboxylic acids is 1. The van der Waals surface area contributed by atoms with Crippen molar-refractivity contribution in [3.63, 3.8) is 0 Å². The van der Waals surface area contributed by atoms with Crippen LogP contribution in [0.1, 0.15) is 25.3 Å². The molecule has 2 N–H and O–H groups in total. The van der Waals surface area contributed by atoms with Crippen molar-refractivity contribution in [2.45, 2.75) is 31.9 Å². The van der Waals surface area contributed by atoms with Crippen LogP contribution in [0.25, 0.3) is 0 Å². The molecule has 0 aliphatic carbocycles. The summed E-state index contributed by atoms with van der Waals surface area (Å²) < 4.78 is 10.9. The Morgan fingerprint density at radius 1 is 1.38 bits per heavy atom. The zero-order valence-electron chi connectivity index (χ0n) is 12.8. The van der Waals surface area contributed by atoms with Crippen LogP contribution in [0.5, 0.6) is 5.75 Å². The Morgan fingerprint density at radius 2 is 2.10 bits per heavy atom. The number of morpholine rings is 1. The lowest BCUT2D eigenvalue weighted by atomic mass is 9.97. The Balaban J connectivity index is 2.01. The molecule has 0 saturated carbocycles. The molecule has 1 amide bonds. The molecule has 0 radical (unpaired) electrons. The van der Waals surface area contributed by atoms with Gasteiger partial charge in [0.15, 0.2) is 0 Å². The fourth-order valence-electron chi connectivity index (χ4n) is 2.59. The van der Waals surface area contributed by atoms with E-state index in [1.165, 1.54) is 0 Å². The first-order valence-electron chi connectivity index (χ1n) is 7.31. The summed E-state index contributed by atoms with van der Waals surface area (Å²) in [4.78, 5) is 13.9. The molecule has 1 atom stereocenters. The Morgan fingerprint density at radius 3 is 2.71 bits per heavy atom. The molecule has 1 aromatic rings. The second kappa shape index (κ2) is 6.91. The number of methoxy groups -OCH3 is 1. The number of carbonyl (C=O) groups is 1. The van der Waals surface area contributed by atoms with E-state index in [0.717, 1.165) is 24.2 Å². The highest BCUT2D eigenvalue weighted by molar-refractivity contribution is 5.78. The zero-order valence-corrected chi connectivity index (χ0v) is 12.8. The fourth-order valence-corrected chi connectivity index (χ4v) is 2.59. The molecule has 1 unspecified atom stereocenters. The summed E-state index contributed by atoms with van der Waals surface area (Å²) >= 11 is 0. The van der Waals surface area contributed by atoms with Crippen molar-refractivity contribution in [1.82, 2.24) is 4.90 Å². The van der Waals surface area contributed by atoms with Gasteiger partial charge in [-0.1, -0.05) is 12.1 Å². The number of nitrogens with zero attached hydrogens (tertiary/aromatic N) is 1. The Bertz CT molecular complexity index is 475. The maximum atomic E-state index is 12.0. The largest absolute Gasteiger partial charge is 0.497 e. The summed E-state index contributed by atoms with van der Waals surface area (Å²) in [7, 11) is 1.64. The van der Waals surface area contributed by atoms with Gasteiger partial charge in [0.2, 0.25) is 5.91 Å². The minimum absolute atomic E-state index is 0.0380. The average molecular weight is 292 g/mol.